The first-order chi connectivity index (χ1) is 10.7. The zero-order chi connectivity index (χ0) is 15.9. The summed E-state index contributed by atoms with van der Waals surface area (Å²) in [6.07, 6.45) is 5.57. The maximum absolute atomic E-state index is 14.2. The molecule has 0 aliphatic carbocycles. The number of fused-ring (bicyclic) bond motifs is 1. The number of rotatable bonds is 7. The van der Waals surface area contributed by atoms with Gasteiger partial charge in [0.2, 0.25) is 0 Å². The molecule has 0 atom stereocenters. The molecule has 5 nitrogen and oxygen atoms in total. The Morgan fingerprint density at radius 3 is 2.87 bits per heavy atom. The predicted octanol–water partition coefficient (Wildman–Crippen LogP) is -1.33. The van der Waals surface area contributed by atoms with Crippen LogP contribution in [0.25, 0.3) is 0 Å². The van der Waals surface area contributed by atoms with Crippen molar-refractivity contribution in [3.63, 3.8) is 0 Å². The van der Waals surface area contributed by atoms with Crippen LogP contribution in [0.15, 0.2) is 12.1 Å². The van der Waals surface area contributed by atoms with E-state index < -0.39 is 11.7 Å². The van der Waals surface area contributed by atoms with Crippen molar-refractivity contribution in [1.29, 1.82) is 0 Å². The van der Waals surface area contributed by atoms with E-state index in [0.717, 1.165) is 37.9 Å². The molecule has 0 bridgehead atoms. The molecular formula is C16H22CsFN2O3. The van der Waals surface area contributed by atoms with Gasteiger partial charge in [0.15, 0.2) is 0 Å². The molecule has 0 spiro atoms. The summed E-state index contributed by atoms with van der Waals surface area (Å²) < 4.78 is 14.2. The average Bonchev–Trinajstić information content (AvgIpc) is 2.54. The maximum Gasteiger partial charge on any atom is 1.00 e. The van der Waals surface area contributed by atoms with E-state index in [9.17, 15) is 9.18 Å². The van der Waals surface area contributed by atoms with Crippen LogP contribution in [-0.2, 0) is 13.0 Å². The van der Waals surface area contributed by atoms with Crippen molar-refractivity contribution < 1.29 is 88.4 Å². The fourth-order valence-corrected chi connectivity index (χ4v) is 2.70. The minimum Gasteiger partial charge on any atom is -0.396 e. The van der Waals surface area contributed by atoms with E-state index in [1.54, 1.807) is 6.07 Å². The zero-order valence-electron chi connectivity index (χ0n) is 13.5. The number of hydrogen-bond acceptors (Lipinski definition) is 4. The number of carbonyl (C=O) groups is 1. The van der Waals surface area contributed by atoms with Crippen molar-refractivity contribution in [2.45, 2.75) is 32.2 Å². The van der Waals surface area contributed by atoms with Crippen molar-refractivity contribution in [1.82, 2.24) is 10.4 Å². The molecule has 2 rings (SSSR count). The van der Waals surface area contributed by atoms with Crippen LogP contribution in [0, 0.1) is 12.2 Å². The summed E-state index contributed by atoms with van der Waals surface area (Å²) in [4.78, 5) is 13.5. The van der Waals surface area contributed by atoms with Gasteiger partial charge in [-0.2, -0.15) is 6.42 Å². The van der Waals surface area contributed by atoms with Crippen LogP contribution in [0.5, 0.6) is 0 Å². The van der Waals surface area contributed by atoms with Gasteiger partial charge in [0, 0.05) is 24.3 Å². The number of aliphatic hydroxyl groups excluding tert-OH is 1. The van der Waals surface area contributed by atoms with Crippen LogP contribution in [-0.4, -0.2) is 40.8 Å². The van der Waals surface area contributed by atoms with Gasteiger partial charge in [-0.1, -0.05) is 6.42 Å². The molecule has 0 radical (unpaired) electrons. The number of carbonyl (C=O) groups excluding carboxylic acids is 1. The normalized spacial score (nSPS) is 14.0. The number of halogens is 1. The van der Waals surface area contributed by atoms with Gasteiger partial charge < -0.3 is 16.4 Å². The van der Waals surface area contributed by atoms with Crippen LogP contribution in [0.1, 0.15) is 40.7 Å². The van der Waals surface area contributed by atoms with E-state index in [-0.39, 0.29) is 81.1 Å². The molecule has 1 aromatic rings. The van der Waals surface area contributed by atoms with E-state index in [1.807, 2.05) is 0 Å². The van der Waals surface area contributed by atoms with Crippen LogP contribution in [0.2, 0.25) is 0 Å². The molecule has 0 fully saturated rings. The summed E-state index contributed by atoms with van der Waals surface area (Å²) in [5, 5.41) is 17.4. The van der Waals surface area contributed by atoms with Gasteiger partial charge in [0.05, 0.1) is 0 Å². The number of benzene rings is 1. The summed E-state index contributed by atoms with van der Waals surface area (Å²) in [6.45, 7) is 2.36. The summed E-state index contributed by atoms with van der Waals surface area (Å²) >= 11 is 0. The molecule has 7 heteroatoms. The summed E-state index contributed by atoms with van der Waals surface area (Å²) in [5.41, 5.74) is 3.13. The molecule has 122 valence electrons. The minimum absolute atomic E-state index is 0. The Hall–Kier alpha value is 0.552. The number of aliphatic hydroxyl groups is 1. The van der Waals surface area contributed by atoms with Crippen molar-refractivity contribution in [3.8, 4) is 0 Å². The first-order valence-electron chi connectivity index (χ1n) is 7.56. The van der Waals surface area contributed by atoms with Crippen LogP contribution >= 0.6 is 0 Å². The topological polar surface area (TPSA) is 72.8 Å². The van der Waals surface area contributed by atoms with E-state index in [1.165, 1.54) is 11.5 Å². The summed E-state index contributed by atoms with van der Waals surface area (Å²) in [7, 11) is 0. The second-order valence-corrected chi connectivity index (χ2v) is 5.53. The Morgan fingerprint density at radius 2 is 2.17 bits per heavy atom. The van der Waals surface area contributed by atoms with E-state index >= 15 is 0 Å². The SMILES string of the molecule is O=C(NO)c1cc(F)c2c(c1)CCN(C[CH-]CCCCO)C2.[Cs+]. The molecule has 0 saturated heterocycles. The molecule has 1 amide bonds. The van der Waals surface area contributed by atoms with Gasteiger partial charge in [-0.25, -0.2) is 9.87 Å². The van der Waals surface area contributed by atoms with Gasteiger partial charge in [0.1, 0.15) is 5.82 Å². The standard InChI is InChI=1S/C16H22FN2O3.Cs/c17-15-10-13(16(21)18-22)9-12-5-7-19(11-14(12)15)6-3-1-2-4-8-20;/h3,9-10,20,22H,1-2,4-8,11H2,(H,18,21);/q-1;+1. The third kappa shape index (κ3) is 6.41. The Bertz CT molecular complexity index is 528. The Kier molecular flexibility index (Phi) is 10.5. The fraction of sp³-hybridized carbons (Fsp3) is 0.500. The predicted molar refractivity (Wildman–Crippen MR) is 79.9 cm³/mol. The van der Waals surface area contributed by atoms with Crippen molar-refractivity contribution in [2.75, 3.05) is 19.7 Å². The van der Waals surface area contributed by atoms with Gasteiger partial charge in [-0.3, -0.25) is 10.0 Å². The number of unbranched alkanes of at least 4 members (excludes halogenated alkanes) is 3. The molecule has 0 aromatic heterocycles. The second-order valence-electron chi connectivity index (χ2n) is 5.53. The average molecular weight is 442 g/mol. The van der Waals surface area contributed by atoms with E-state index in [0.29, 0.717) is 18.5 Å². The van der Waals surface area contributed by atoms with Crippen LogP contribution in [0.3, 0.4) is 0 Å². The Labute approximate surface area is 195 Å². The van der Waals surface area contributed by atoms with Crippen LogP contribution in [0.4, 0.5) is 4.39 Å². The molecule has 23 heavy (non-hydrogen) atoms. The molecule has 1 heterocycles. The van der Waals surface area contributed by atoms with Gasteiger partial charge in [-0.15, -0.1) is 6.54 Å². The molecule has 3 N–H and O–H groups in total. The van der Waals surface area contributed by atoms with E-state index in [2.05, 4.69) is 11.3 Å². The number of hydroxylamine groups is 1. The Morgan fingerprint density at radius 1 is 1.39 bits per heavy atom. The molecule has 1 aliphatic heterocycles. The molecule has 0 saturated carbocycles. The monoisotopic (exact) mass is 442 g/mol. The third-order valence-corrected chi connectivity index (χ3v) is 3.93. The van der Waals surface area contributed by atoms with Gasteiger partial charge in [-0.05, 0) is 37.1 Å². The molecule has 0 unspecified atom stereocenters. The third-order valence-electron chi connectivity index (χ3n) is 3.93. The quantitative estimate of drug-likeness (QED) is 0.212. The first-order valence-corrected chi connectivity index (χ1v) is 7.56. The van der Waals surface area contributed by atoms with Crippen molar-refractivity contribution in [2.24, 2.45) is 0 Å². The van der Waals surface area contributed by atoms with Crippen LogP contribution < -0.4 is 74.4 Å². The molecule has 1 aromatic carbocycles. The van der Waals surface area contributed by atoms with Crippen molar-refractivity contribution in [3.05, 3.63) is 41.1 Å². The number of nitrogens with one attached hydrogen (secondary N) is 1. The Balaban J connectivity index is 0.00000264. The van der Waals surface area contributed by atoms with Gasteiger partial charge >= 0.3 is 68.9 Å². The molecule has 1 aliphatic rings. The summed E-state index contributed by atoms with van der Waals surface area (Å²) in [6, 6.07) is 2.81. The number of hydrogen-bond donors (Lipinski definition) is 3. The summed E-state index contributed by atoms with van der Waals surface area (Å²) in [5.74, 6) is -1.09. The fourth-order valence-electron chi connectivity index (χ4n) is 2.70. The van der Waals surface area contributed by atoms with Crippen molar-refractivity contribution >= 4 is 5.91 Å². The smallest absolute Gasteiger partial charge is 0.396 e. The zero-order valence-corrected chi connectivity index (χ0v) is 19.8. The largest absolute Gasteiger partial charge is 1.00 e. The number of nitrogens with zero attached hydrogens (tertiary/aromatic N) is 1. The maximum atomic E-state index is 14.2. The van der Waals surface area contributed by atoms with Gasteiger partial charge in [0.25, 0.3) is 5.91 Å². The molecular weight excluding hydrogens is 420 g/mol. The number of amides is 1. The van der Waals surface area contributed by atoms with E-state index in [4.69, 9.17) is 10.3 Å². The first kappa shape index (κ1) is 21.6. The minimum atomic E-state index is -0.693. The second kappa shape index (κ2) is 11.2.